The summed E-state index contributed by atoms with van der Waals surface area (Å²) in [6, 6.07) is -0.119. The quantitative estimate of drug-likeness (QED) is 0.881. The van der Waals surface area contributed by atoms with Crippen molar-refractivity contribution in [3.05, 3.63) is 11.9 Å². The number of piperidine rings is 1. The van der Waals surface area contributed by atoms with E-state index in [-0.39, 0.29) is 6.03 Å². The molecule has 0 saturated carbocycles. The molecule has 0 aromatic carbocycles. The van der Waals surface area contributed by atoms with Gasteiger partial charge in [-0.2, -0.15) is 0 Å². The van der Waals surface area contributed by atoms with Gasteiger partial charge in [-0.15, -0.1) is 0 Å². The van der Waals surface area contributed by atoms with Crippen LogP contribution in [0.5, 0.6) is 0 Å². The highest BCUT2D eigenvalue weighted by molar-refractivity contribution is 5.91. The molecule has 1 fully saturated rings. The molecule has 0 unspecified atom stereocenters. The summed E-state index contributed by atoms with van der Waals surface area (Å²) in [6.45, 7) is 5.56. The Kier molecular flexibility index (Phi) is 3.90. The van der Waals surface area contributed by atoms with Gasteiger partial charge in [-0.1, -0.05) is 6.92 Å². The highest BCUT2D eigenvalue weighted by Gasteiger charge is 2.32. The predicted octanol–water partition coefficient (Wildman–Crippen LogP) is 1.41. The molecule has 0 aliphatic carbocycles. The monoisotopic (exact) mass is 304 g/mol. The Labute approximate surface area is 130 Å². The molecule has 22 heavy (non-hydrogen) atoms. The van der Waals surface area contributed by atoms with Crippen molar-refractivity contribution in [3.8, 4) is 0 Å². The Balaban J connectivity index is 1.80. The number of anilines is 2. The van der Waals surface area contributed by atoms with Crippen LogP contribution in [0.15, 0.2) is 6.33 Å². The van der Waals surface area contributed by atoms with E-state index in [1.54, 1.807) is 11.9 Å². The van der Waals surface area contributed by atoms with Gasteiger partial charge in [0.2, 0.25) is 0 Å². The van der Waals surface area contributed by atoms with Gasteiger partial charge in [0.05, 0.1) is 12.1 Å². The van der Waals surface area contributed by atoms with Gasteiger partial charge in [0.1, 0.15) is 18.0 Å². The lowest BCUT2D eigenvalue weighted by Gasteiger charge is -2.41. The van der Waals surface area contributed by atoms with Crippen molar-refractivity contribution in [2.75, 3.05) is 36.9 Å². The lowest BCUT2D eigenvalue weighted by Crippen LogP contribution is -2.42. The van der Waals surface area contributed by atoms with E-state index in [2.05, 4.69) is 27.1 Å². The highest BCUT2D eigenvalue weighted by Crippen LogP contribution is 2.37. The Hall–Kier alpha value is -1.89. The third kappa shape index (κ3) is 2.72. The molecule has 0 spiro atoms. The number of hydrogen-bond acceptors (Lipinski definition) is 5. The van der Waals surface area contributed by atoms with Crippen LogP contribution in [0.25, 0.3) is 0 Å². The second kappa shape index (κ2) is 5.72. The van der Waals surface area contributed by atoms with Crippen LogP contribution < -0.4 is 16.0 Å². The zero-order chi connectivity index (χ0) is 15.7. The molecule has 1 aromatic heterocycles. The Morgan fingerprint density at radius 2 is 2.09 bits per heavy atom. The number of nitrogens with zero attached hydrogens (tertiary/aromatic N) is 4. The van der Waals surface area contributed by atoms with Crippen molar-refractivity contribution >= 4 is 17.7 Å². The van der Waals surface area contributed by atoms with Gasteiger partial charge in [-0.3, -0.25) is 5.32 Å². The Morgan fingerprint density at radius 3 is 2.77 bits per heavy atom. The van der Waals surface area contributed by atoms with E-state index in [9.17, 15) is 4.79 Å². The van der Waals surface area contributed by atoms with E-state index in [1.165, 1.54) is 6.33 Å². The Bertz CT molecular complexity index is 567. The minimum atomic E-state index is -0.119. The second-order valence-corrected chi connectivity index (χ2v) is 6.65. The normalized spacial score (nSPS) is 20.6. The predicted molar refractivity (Wildman–Crippen MR) is 85.7 cm³/mol. The highest BCUT2D eigenvalue weighted by atomic mass is 16.2. The summed E-state index contributed by atoms with van der Waals surface area (Å²) >= 11 is 0. The molecule has 2 aliphatic rings. The third-order valence-corrected chi connectivity index (χ3v) is 4.91. The molecule has 2 amide bonds. The van der Waals surface area contributed by atoms with Crippen molar-refractivity contribution in [3.63, 3.8) is 0 Å². The van der Waals surface area contributed by atoms with E-state index >= 15 is 0 Å². The first kappa shape index (κ1) is 15.0. The molecule has 7 heteroatoms. The summed E-state index contributed by atoms with van der Waals surface area (Å²) in [6.07, 6.45) is 4.84. The molecule has 0 atom stereocenters. The fourth-order valence-corrected chi connectivity index (χ4v) is 3.29. The van der Waals surface area contributed by atoms with Crippen LogP contribution >= 0.6 is 0 Å². The summed E-state index contributed by atoms with van der Waals surface area (Å²) < 4.78 is 0. The molecule has 1 aromatic rings. The fraction of sp³-hybridized carbons (Fsp3) is 0.667. The molecule has 0 radical (unpaired) electrons. The number of rotatable bonds is 3. The number of nitrogens with one attached hydrogen (secondary N) is 1. The summed E-state index contributed by atoms with van der Waals surface area (Å²) in [7, 11) is 1.78. The molecule has 1 saturated heterocycles. The number of aromatic nitrogens is 2. The molecule has 3 N–H and O–H groups in total. The molecule has 3 rings (SSSR count). The van der Waals surface area contributed by atoms with E-state index in [1.807, 2.05) is 0 Å². The fourth-order valence-electron chi connectivity index (χ4n) is 3.29. The van der Waals surface area contributed by atoms with Gasteiger partial charge in [-0.25, -0.2) is 14.8 Å². The smallest absolute Gasteiger partial charge is 0.323 e. The molecular formula is C15H24N6O. The third-order valence-electron chi connectivity index (χ3n) is 4.91. The van der Waals surface area contributed by atoms with Crippen molar-refractivity contribution < 1.29 is 4.79 Å². The number of hydrogen-bond donors (Lipinski definition) is 2. The van der Waals surface area contributed by atoms with Gasteiger partial charge >= 0.3 is 6.03 Å². The maximum Gasteiger partial charge on any atom is 0.323 e. The molecule has 7 nitrogen and oxygen atoms in total. The molecule has 0 bridgehead atoms. The van der Waals surface area contributed by atoms with E-state index in [0.29, 0.717) is 17.8 Å². The van der Waals surface area contributed by atoms with Gasteiger partial charge in [-0.05, 0) is 31.2 Å². The minimum Gasteiger partial charge on any atom is -0.356 e. The SMILES string of the molecule is CN1Cc2c(ncnc2N2CCC(C)(CCN)CC2)NC1=O. The first-order valence-electron chi connectivity index (χ1n) is 7.83. The van der Waals surface area contributed by atoms with Crippen LogP contribution in [-0.2, 0) is 6.54 Å². The molecule has 3 heterocycles. The Morgan fingerprint density at radius 1 is 1.36 bits per heavy atom. The topological polar surface area (TPSA) is 87.4 Å². The van der Waals surface area contributed by atoms with E-state index in [4.69, 9.17) is 5.73 Å². The van der Waals surface area contributed by atoms with E-state index in [0.717, 1.165) is 50.3 Å². The zero-order valence-electron chi connectivity index (χ0n) is 13.3. The largest absolute Gasteiger partial charge is 0.356 e. The summed E-state index contributed by atoms with van der Waals surface area (Å²) in [4.78, 5) is 24.4. The average Bonchev–Trinajstić information content (AvgIpc) is 2.49. The molecule has 2 aliphatic heterocycles. The van der Waals surface area contributed by atoms with Crippen LogP contribution in [0.1, 0.15) is 31.7 Å². The van der Waals surface area contributed by atoms with Gasteiger partial charge in [0.15, 0.2) is 0 Å². The average molecular weight is 304 g/mol. The molecular weight excluding hydrogens is 280 g/mol. The summed E-state index contributed by atoms with van der Waals surface area (Å²) in [5.41, 5.74) is 7.07. The lowest BCUT2D eigenvalue weighted by molar-refractivity contribution is 0.218. The van der Waals surface area contributed by atoms with Gasteiger partial charge in [0, 0.05) is 20.1 Å². The number of carbonyl (C=O) groups excluding carboxylic acids is 1. The van der Waals surface area contributed by atoms with Crippen molar-refractivity contribution in [1.29, 1.82) is 0 Å². The second-order valence-electron chi connectivity index (χ2n) is 6.65. The zero-order valence-corrected chi connectivity index (χ0v) is 13.3. The van der Waals surface area contributed by atoms with Gasteiger partial charge in [0.25, 0.3) is 0 Å². The van der Waals surface area contributed by atoms with Crippen LogP contribution in [0.2, 0.25) is 0 Å². The molecule has 120 valence electrons. The van der Waals surface area contributed by atoms with Crippen molar-refractivity contribution in [2.24, 2.45) is 11.1 Å². The first-order valence-corrected chi connectivity index (χ1v) is 7.83. The standard InChI is InChI=1S/C15H24N6O/c1-15(3-6-16)4-7-21(8-5-15)13-11-9-20(2)14(22)19-12(11)17-10-18-13/h10H,3-9,16H2,1-2H3,(H,17,18,19,22). The minimum absolute atomic E-state index is 0.119. The maximum atomic E-state index is 11.7. The number of nitrogens with two attached hydrogens (primary N) is 1. The summed E-state index contributed by atoms with van der Waals surface area (Å²) in [5, 5.41) is 2.82. The van der Waals surface area contributed by atoms with Crippen LogP contribution in [0.4, 0.5) is 16.4 Å². The summed E-state index contributed by atoms with van der Waals surface area (Å²) in [5.74, 6) is 1.59. The van der Waals surface area contributed by atoms with E-state index < -0.39 is 0 Å². The maximum absolute atomic E-state index is 11.7. The van der Waals surface area contributed by atoms with Gasteiger partial charge < -0.3 is 15.5 Å². The number of urea groups is 1. The lowest BCUT2D eigenvalue weighted by atomic mass is 9.77. The number of fused-ring (bicyclic) bond motifs is 1. The van der Waals surface area contributed by atoms with Crippen LogP contribution in [0.3, 0.4) is 0 Å². The van der Waals surface area contributed by atoms with Crippen LogP contribution in [0, 0.1) is 5.41 Å². The number of carbonyl (C=O) groups is 1. The van der Waals surface area contributed by atoms with Crippen molar-refractivity contribution in [1.82, 2.24) is 14.9 Å². The van der Waals surface area contributed by atoms with Crippen molar-refractivity contribution in [2.45, 2.75) is 32.7 Å². The first-order chi connectivity index (χ1) is 10.5. The van der Waals surface area contributed by atoms with Crippen LogP contribution in [-0.4, -0.2) is 47.6 Å². The number of amides is 2.